The summed E-state index contributed by atoms with van der Waals surface area (Å²) in [5.74, 6) is -0.613. The molecule has 0 atom stereocenters. The standard InChI is InChI=1S/C16H24BrN3O4/c1-5-23-14(21)12-10-18-20(13(12)17)11-6-8-19(9-7-11)24-15(22)16(2,3)4/h10-11H,5-9H2,1-4H3. The lowest BCUT2D eigenvalue weighted by Crippen LogP contribution is -2.39. The van der Waals surface area contributed by atoms with Gasteiger partial charge in [-0.15, -0.1) is 5.06 Å². The van der Waals surface area contributed by atoms with Crippen LogP contribution in [-0.4, -0.2) is 46.5 Å². The van der Waals surface area contributed by atoms with Crippen LogP contribution in [0.25, 0.3) is 0 Å². The third-order valence-corrected chi connectivity index (χ3v) is 4.61. The summed E-state index contributed by atoms with van der Waals surface area (Å²) >= 11 is 3.44. The summed E-state index contributed by atoms with van der Waals surface area (Å²) < 4.78 is 7.45. The van der Waals surface area contributed by atoms with Gasteiger partial charge in [0, 0.05) is 13.1 Å². The molecule has 2 heterocycles. The fraction of sp³-hybridized carbons (Fsp3) is 0.688. The maximum atomic E-state index is 11.9. The summed E-state index contributed by atoms with van der Waals surface area (Å²) in [4.78, 5) is 29.2. The van der Waals surface area contributed by atoms with Crippen LogP contribution in [0.1, 0.15) is 56.9 Å². The van der Waals surface area contributed by atoms with Crippen molar-refractivity contribution >= 4 is 27.9 Å². The van der Waals surface area contributed by atoms with Crippen molar-refractivity contribution in [1.29, 1.82) is 0 Å². The van der Waals surface area contributed by atoms with Gasteiger partial charge in [-0.05, 0) is 56.5 Å². The van der Waals surface area contributed by atoms with Crippen LogP contribution in [0.4, 0.5) is 0 Å². The first-order valence-electron chi connectivity index (χ1n) is 8.11. The molecule has 1 aliphatic heterocycles. The maximum absolute atomic E-state index is 11.9. The van der Waals surface area contributed by atoms with Crippen molar-refractivity contribution in [3.05, 3.63) is 16.4 Å². The molecule has 1 fully saturated rings. The van der Waals surface area contributed by atoms with Gasteiger partial charge in [-0.25, -0.2) is 9.59 Å². The van der Waals surface area contributed by atoms with Gasteiger partial charge in [0.15, 0.2) is 0 Å². The molecule has 2 rings (SSSR count). The zero-order chi connectivity index (χ0) is 17.9. The van der Waals surface area contributed by atoms with Crippen molar-refractivity contribution in [2.24, 2.45) is 5.41 Å². The average molecular weight is 402 g/mol. The molecule has 0 unspecified atom stereocenters. The lowest BCUT2D eigenvalue weighted by molar-refractivity contribution is -0.205. The SMILES string of the molecule is CCOC(=O)c1cnn(C2CCN(OC(=O)C(C)(C)C)CC2)c1Br. The molecule has 0 aromatic carbocycles. The number of aromatic nitrogens is 2. The van der Waals surface area contributed by atoms with E-state index in [-0.39, 0.29) is 18.0 Å². The Morgan fingerprint density at radius 3 is 2.50 bits per heavy atom. The Bertz CT molecular complexity index is 601. The van der Waals surface area contributed by atoms with E-state index in [1.807, 2.05) is 20.8 Å². The highest BCUT2D eigenvalue weighted by Crippen LogP contribution is 2.29. The van der Waals surface area contributed by atoms with Crippen molar-refractivity contribution in [2.75, 3.05) is 19.7 Å². The Kier molecular flexibility index (Phi) is 6.03. The molecule has 1 aromatic rings. The van der Waals surface area contributed by atoms with Gasteiger partial charge in [0.2, 0.25) is 0 Å². The van der Waals surface area contributed by atoms with Gasteiger partial charge in [0.1, 0.15) is 10.2 Å². The van der Waals surface area contributed by atoms with Crippen molar-refractivity contribution in [3.63, 3.8) is 0 Å². The molecule has 0 N–H and O–H groups in total. The van der Waals surface area contributed by atoms with Crippen LogP contribution in [0.2, 0.25) is 0 Å². The van der Waals surface area contributed by atoms with E-state index in [9.17, 15) is 9.59 Å². The monoisotopic (exact) mass is 401 g/mol. The minimum atomic E-state index is -0.517. The number of carbonyl (C=O) groups excluding carboxylic acids is 2. The highest BCUT2D eigenvalue weighted by atomic mass is 79.9. The smallest absolute Gasteiger partial charge is 0.342 e. The lowest BCUT2D eigenvalue weighted by atomic mass is 9.98. The minimum absolute atomic E-state index is 0.146. The van der Waals surface area contributed by atoms with E-state index in [4.69, 9.17) is 9.57 Å². The minimum Gasteiger partial charge on any atom is -0.462 e. The molecule has 8 heteroatoms. The van der Waals surface area contributed by atoms with Crippen LogP contribution in [0.3, 0.4) is 0 Å². The molecule has 1 aromatic heterocycles. The molecule has 7 nitrogen and oxygen atoms in total. The average Bonchev–Trinajstić information content (AvgIpc) is 2.89. The fourth-order valence-corrected chi connectivity index (χ4v) is 3.03. The molecule has 0 aliphatic carbocycles. The van der Waals surface area contributed by atoms with Crippen molar-refractivity contribution in [1.82, 2.24) is 14.8 Å². The molecule has 0 saturated carbocycles. The second-order valence-corrected chi connectivity index (χ2v) is 7.55. The van der Waals surface area contributed by atoms with Crippen molar-refractivity contribution < 1.29 is 19.2 Å². The number of hydrogen-bond acceptors (Lipinski definition) is 6. The third-order valence-electron chi connectivity index (χ3n) is 3.82. The predicted octanol–water partition coefficient (Wildman–Crippen LogP) is 2.96. The number of esters is 1. The molecule has 1 saturated heterocycles. The van der Waals surface area contributed by atoms with Crippen LogP contribution in [0.5, 0.6) is 0 Å². The Balaban J connectivity index is 1.95. The van der Waals surface area contributed by atoms with Gasteiger partial charge in [-0.1, -0.05) is 0 Å². The zero-order valence-corrected chi connectivity index (χ0v) is 16.1. The molecular weight excluding hydrogens is 378 g/mol. The van der Waals surface area contributed by atoms with Crippen LogP contribution in [0.15, 0.2) is 10.8 Å². The van der Waals surface area contributed by atoms with E-state index in [2.05, 4.69) is 21.0 Å². The van der Waals surface area contributed by atoms with Crippen LogP contribution >= 0.6 is 15.9 Å². The third kappa shape index (κ3) is 4.36. The normalized spacial score (nSPS) is 16.9. The topological polar surface area (TPSA) is 73.7 Å². The van der Waals surface area contributed by atoms with E-state index in [0.29, 0.717) is 29.9 Å². The van der Waals surface area contributed by atoms with E-state index < -0.39 is 5.41 Å². The number of hydroxylamine groups is 2. The molecule has 1 aliphatic rings. The van der Waals surface area contributed by atoms with Gasteiger partial charge in [-0.3, -0.25) is 4.68 Å². The number of nitrogens with zero attached hydrogens (tertiary/aromatic N) is 3. The number of rotatable bonds is 4. The molecule has 0 radical (unpaired) electrons. The number of ether oxygens (including phenoxy) is 1. The van der Waals surface area contributed by atoms with Gasteiger partial charge < -0.3 is 9.57 Å². The summed E-state index contributed by atoms with van der Waals surface area (Å²) in [6, 6.07) is 0.146. The summed E-state index contributed by atoms with van der Waals surface area (Å²) in [6.45, 7) is 8.86. The van der Waals surface area contributed by atoms with Crippen LogP contribution in [0, 0.1) is 5.41 Å². The first-order valence-corrected chi connectivity index (χ1v) is 8.90. The Labute approximate surface area is 150 Å². The number of carbonyl (C=O) groups is 2. The molecule has 134 valence electrons. The molecular formula is C16H24BrN3O4. The highest BCUT2D eigenvalue weighted by Gasteiger charge is 2.30. The van der Waals surface area contributed by atoms with Gasteiger partial charge in [0.05, 0.1) is 24.3 Å². The Morgan fingerprint density at radius 2 is 1.96 bits per heavy atom. The van der Waals surface area contributed by atoms with E-state index in [1.165, 1.54) is 6.20 Å². The maximum Gasteiger partial charge on any atom is 0.342 e. The summed E-state index contributed by atoms with van der Waals surface area (Å²) in [5, 5.41) is 6.01. The largest absolute Gasteiger partial charge is 0.462 e. The van der Waals surface area contributed by atoms with Crippen LogP contribution in [-0.2, 0) is 14.4 Å². The molecule has 0 bridgehead atoms. The van der Waals surface area contributed by atoms with E-state index >= 15 is 0 Å². The quantitative estimate of drug-likeness (QED) is 0.721. The van der Waals surface area contributed by atoms with E-state index in [1.54, 1.807) is 16.7 Å². The van der Waals surface area contributed by atoms with E-state index in [0.717, 1.165) is 12.8 Å². The Hall–Kier alpha value is -1.41. The second-order valence-electron chi connectivity index (χ2n) is 6.80. The molecule has 24 heavy (non-hydrogen) atoms. The van der Waals surface area contributed by atoms with Crippen LogP contribution < -0.4 is 0 Å². The highest BCUT2D eigenvalue weighted by molar-refractivity contribution is 9.10. The summed E-state index contributed by atoms with van der Waals surface area (Å²) in [6.07, 6.45) is 3.08. The number of halogens is 1. The number of hydrogen-bond donors (Lipinski definition) is 0. The summed E-state index contributed by atoms with van der Waals surface area (Å²) in [5.41, 5.74) is -0.0883. The van der Waals surface area contributed by atoms with Crippen molar-refractivity contribution in [2.45, 2.75) is 46.6 Å². The lowest BCUT2D eigenvalue weighted by Gasteiger charge is -2.32. The van der Waals surface area contributed by atoms with Gasteiger partial charge in [-0.2, -0.15) is 5.10 Å². The molecule has 0 spiro atoms. The zero-order valence-electron chi connectivity index (χ0n) is 14.5. The number of piperidine rings is 1. The first kappa shape index (κ1) is 18.9. The first-order chi connectivity index (χ1) is 11.2. The van der Waals surface area contributed by atoms with Crippen molar-refractivity contribution in [3.8, 4) is 0 Å². The predicted molar refractivity (Wildman–Crippen MR) is 91.3 cm³/mol. The fourth-order valence-electron chi connectivity index (χ4n) is 2.38. The van der Waals surface area contributed by atoms with Gasteiger partial charge in [0.25, 0.3) is 0 Å². The summed E-state index contributed by atoms with van der Waals surface area (Å²) in [7, 11) is 0. The second kappa shape index (κ2) is 7.65. The molecule has 0 amide bonds. The van der Waals surface area contributed by atoms with Gasteiger partial charge >= 0.3 is 11.9 Å². The Morgan fingerprint density at radius 1 is 1.33 bits per heavy atom.